The smallest absolute Gasteiger partial charge is 0.0919 e. The van der Waals surface area contributed by atoms with Crippen LogP contribution in [0.25, 0.3) is 0 Å². The zero-order valence-corrected chi connectivity index (χ0v) is 9.80. The van der Waals surface area contributed by atoms with Gasteiger partial charge in [-0.15, -0.1) is 0 Å². The quantitative estimate of drug-likeness (QED) is 0.668. The molecule has 0 saturated heterocycles. The fourth-order valence-corrected chi connectivity index (χ4v) is 3.19. The topological polar surface area (TPSA) is 26.0 Å². The predicted octanol–water partition coefficient (Wildman–Crippen LogP) is 2.20. The van der Waals surface area contributed by atoms with E-state index in [4.69, 9.17) is 5.40 Å². The summed E-state index contributed by atoms with van der Waals surface area (Å²) in [5.41, 5.74) is 0.989. The summed E-state index contributed by atoms with van der Waals surface area (Å²) in [6, 6.07) is 0. The van der Waals surface area contributed by atoms with Crippen molar-refractivity contribution in [2.24, 2.45) is 11.3 Å². The van der Waals surface area contributed by atoms with Gasteiger partial charge in [0.2, 0.25) is 0 Å². The van der Waals surface area contributed by atoms with Gasteiger partial charge in [-0.25, -0.2) is 0 Å². The summed E-state index contributed by atoms with van der Waals surface area (Å²) in [4.78, 5) is 0. The van der Waals surface area contributed by atoms with Crippen molar-refractivity contribution in [3.05, 3.63) is 0 Å². The summed E-state index contributed by atoms with van der Waals surface area (Å²) in [6.07, 6.45) is 10.2. The lowest BCUT2D eigenvalue weighted by Crippen LogP contribution is -2.20. The van der Waals surface area contributed by atoms with Crippen LogP contribution in [0.2, 0.25) is 5.54 Å². The average molecular weight is 185 g/mol. The van der Waals surface area contributed by atoms with Gasteiger partial charge in [0.15, 0.2) is 0 Å². The Morgan fingerprint density at radius 2 is 1.92 bits per heavy atom. The maximum atomic E-state index is 5.79. The molecule has 1 aliphatic carbocycles. The highest BCUT2D eigenvalue weighted by molar-refractivity contribution is 6.33. The van der Waals surface area contributed by atoms with Gasteiger partial charge in [0, 0.05) is 0 Å². The van der Waals surface area contributed by atoms with E-state index in [0.717, 1.165) is 11.5 Å². The van der Waals surface area contributed by atoms with E-state index in [9.17, 15) is 0 Å². The first kappa shape index (κ1) is 10.3. The molecular weight excluding hydrogens is 162 g/mol. The van der Waals surface area contributed by atoms with Gasteiger partial charge in [-0.2, -0.15) is 0 Å². The van der Waals surface area contributed by atoms with Crippen LogP contribution in [0.5, 0.6) is 0 Å². The Kier molecular flexibility index (Phi) is 4.92. The molecule has 0 aromatic carbocycles. The van der Waals surface area contributed by atoms with Crippen LogP contribution in [-0.2, 0) is 0 Å². The molecular formula is C10H23NSi. The maximum absolute atomic E-state index is 5.79. The van der Waals surface area contributed by atoms with E-state index in [-0.39, 0.29) is 9.68 Å². The van der Waals surface area contributed by atoms with Crippen LogP contribution in [0, 0.1) is 5.92 Å². The minimum atomic E-state index is -0.174. The van der Waals surface area contributed by atoms with Gasteiger partial charge in [-0.1, -0.05) is 51.9 Å². The van der Waals surface area contributed by atoms with Gasteiger partial charge in [-0.05, 0) is 11.5 Å². The monoisotopic (exact) mass is 185 g/mol. The van der Waals surface area contributed by atoms with E-state index in [1.807, 2.05) is 0 Å². The van der Waals surface area contributed by atoms with E-state index in [1.54, 1.807) is 0 Å². The Balaban J connectivity index is 2.09. The largest absolute Gasteiger partial charge is 0.355 e. The Labute approximate surface area is 79.0 Å². The fraction of sp³-hybridized carbons (Fsp3) is 1.00. The predicted molar refractivity (Wildman–Crippen MR) is 58.0 cm³/mol. The van der Waals surface area contributed by atoms with E-state index in [2.05, 4.69) is 6.92 Å². The summed E-state index contributed by atoms with van der Waals surface area (Å²) in [5, 5.41) is 5.79. The summed E-state index contributed by atoms with van der Waals surface area (Å²) in [7, 11) is -0.174. The van der Waals surface area contributed by atoms with Crippen molar-refractivity contribution in [3.63, 3.8) is 0 Å². The van der Waals surface area contributed by atoms with Gasteiger partial charge in [0.1, 0.15) is 0 Å². The Bertz CT molecular complexity index is 108. The Morgan fingerprint density at radius 3 is 2.42 bits per heavy atom. The molecule has 2 heteroatoms. The first-order valence-electron chi connectivity index (χ1n) is 5.56. The number of rotatable bonds is 4. The zero-order chi connectivity index (χ0) is 8.81. The SMILES string of the molecule is CCCCC1CCC([SiH2]N)CC1. The molecule has 0 aliphatic heterocycles. The van der Waals surface area contributed by atoms with Crippen molar-refractivity contribution in [1.29, 1.82) is 0 Å². The van der Waals surface area contributed by atoms with Crippen LogP contribution in [-0.4, -0.2) is 9.68 Å². The van der Waals surface area contributed by atoms with Crippen LogP contribution in [0.3, 0.4) is 0 Å². The first-order valence-corrected chi connectivity index (χ1v) is 7.20. The fourth-order valence-electron chi connectivity index (χ4n) is 2.25. The molecule has 1 rings (SSSR count). The molecule has 72 valence electrons. The Morgan fingerprint density at radius 1 is 1.25 bits per heavy atom. The van der Waals surface area contributed by atoms with Gasteiger partial charge >= 0.3 is 0 Å². The van der Waals surface area contributed by atoms with Crippen LogP contribution in [0.1, 0.15) is 51.9 Å². The van der Waals surface area contributed by atoms with Gasteiger partial charge < -0.3 is 5.40 Å². The minimum Gasteiger partial charge on any atom is -0.355 e. The molecule has 0 amide bonds. The van der Waals surface area contributed by atoms with E-state index in [1.165, 1.54) is 44.9 Å². The molecule has 0 bridgehead atoms. The van der Waals surface area contributed by atoms with Crippen molar-refractivity contribution in [2.45, 2.75) is 57.4 Å². The molecule has 1 saturated carbocycles. The third-order valence-corrected chi connectivity index (χ3v) is 4.75. The van der Waals surface area contributed by atoms with Crippen LogP contribution in [0.4, 0.5) is 0 Å². The number of nitrogens with two attached hydrogens (primary N) is 1. The zero-order valence-electron chi connectivity index (χ0n) is 8.39. The standard InChI is InChI=1S/C10H23NSi/c1-2-3-4-9-5-7-10(12-11)8-6-9/h9-10H,2-8,11-12H2,1H3. The second-order valence-corrected chi connectivity index (χ2v) is 5.89. The number of hydrogen-bond donors (Lipinski definition) is 1. The van der Waals surface area contributed by atoms with Crippen LogP contribution < -0.4 is 5.40 Å². The van der Waals surface area contributed by atoms with Crippen LogP contribution in [0.15, 0.2) is 0 Å². The molecule has 1 fully saturated rings. The molecule has 0 spiro atoms. The molecule has 2 N–H and O–H groups in total. The third-order valence-electron chi connectivity index (χ3n) is 3.27. The second-order valence-electron chi connectivity index (χ2n) is 4.26. The highest BCUT2D eigenvalue weighted by Gasteiger charge is 2.19. The molecule has 1 nitrogen and oxygen atoms in total. The summed E-state index contributed by atoms with van der Waals surface area (Å²) in [5.74, 6) is 1.06. The van der Waals surface area contributed by atoms with Gasteiger partial charge in [0.05, 0.1) is 9.68 Å². The molecule has 0 heterocycles. The van der Waals surface area contributed by atoms with Crippen molar-refractivity contribution in [3.8, 4) is 0 Å². The normalized spacial score (nSPS) is 31.5. The van der Waals surface area contributed by atoms with Crippen LogP contribution >= 0.6 is 0 Å². The van der Waals surface area contributed by atoms with E-state index >= 15 is 0 Å². The molecule has 0 atom stereocenters. The van der Waals surface area contributed by atoms with Crippen molar-refractivity contribution in [1.82, 2.24) is 0 Å². The number of unbranched alkanes of at least 4 members (excludes halogenated alkanes) is 1. The van der Waals surface area contributed by atoms with Crippen molar-refractivity contribution in [2.75, 3.05) is 0 Å². The third kappa shape index (κ3) is 3.28. The van der Waals surface area contributed by atoms with Gasteiger partial charge in [-0.3, -0.25) is 0 Å². The van der Waals surface area contributed by atoms with Gasteiger partial charge in [0.25, 0.3) is 0 Å². The lowest BCUT2D eigenvalue weighted by atomic mass is 9.85. The highest BCUT2D eigenvalue weighted by Crippen LogP contribution is 2.33. The highest BCUT2D eigenvalue weighted by atomic mass is 28.2. The molecule has 1 aliphatic rings. The molecule has 0 radical (unpaired) electrons. The summed E-state index contributed by atoms with van der Waals surface area (Å²) >= 11 is 0. The minimum absolute atomic E-state index is 0.174. The molecule has 12 heavy (non-hydrogen) atoms. The van der Waals surface area contributed by atoms with Crippen molar-refractivity contribution >= 4 is 9.68 Å². The summed E-state index contributed by atoms with van der Waals surface area (Å²) < 4.78 is 0. The van der Waals surface area contributed by atoms with E-state index in [0.29, 0.717) is 0 Å². The number of hydrogen-bond acceptors (Lipinski definition) is 1. The molecule has 0 aromatic heterocycles. The average Bonchev–Trinajstić information content (AvgIpc) is 2.15. The Hall–Kier alpha value is 0.177. The van der Waals surface area contributed by atoms with E-state index < -0.39 is 0 Å². The van der Waals surface area contributed by atoms with Crippen molar-refractivity contribution < 1.29 is 0 Å². The summed E-state index contributed by atoms with van der Waals surface area (Å²) in [6.45, 7) is 2.29. The second kappa shape index (κ2) is 5.76. The lowest BCUT2D eigenvalue weighted by molar-refractivity contribution is 0.330. The maximum Gasteiger partial charge on any atom is 0.0919 e. The first-order chi connectivity index (χ1) is 5.86. The molecule has 0 unspecified atom stereocenters. The molecule has 0 aromatic rings. The lowest BCUT2D eigenvalue weighted by Gasteiger charge is -2.27.